The highest BCUT2D eigenvalue weighted by atomic mass is 32.3. The first-order valence-electron chi connectivity index (χ1n) is 6.38. The van der Waals surface area contributed by atoms with Gasteiger partial charge in [0, 0.05) is 0 Å². The molecule has 0 amide bonds. The molecule has 1 nitrogen and oxygen atoms in total. The highest BCUT2D eigenvalue weighted by Gasteiger charge is 2.29. The molecule has 0 unspecified atom stereocenters. The predicted molar refractivity (Wildman–Crippen MR) is 118 cm³/mol. The van der Waals surface area contributed by atoms with Crippen LogP contribution in [0.4, 0.5) is 0 Å². The van der Waals surface area contributed by atoms with E-state index in [1.54, 1.807) is 0 Å². The van der Waals surface area contributed by atoms with Crippen molar-refractivity contribution in [2.24, 2.45) is 0 Å². The number of thioether (sulfide) groups is 8. The quantitative estimate of drug-likeness (QED) is 0.449. The fourth-order valence-corrected chi connectivity index (χ4v) is 12.2. The van der Waals surface area contributed by atoms with Gasteiger partial charge in [0.1, 0.15) is 12.5 Å². The summed E-state index contributed by atoms with van der Waals surface area (Å²) in [5, 5.41) is 0. The van der Waals surface area contributed by atoms with Crippen molar-refractivity contribution < 1.29 is 4.42 Å². The minimum absolute atomic E-state index is 1.24. The first-order valence-corrected chi connectivity index (χ1v) is 13.7. The van der Waals surface area contributed by atoms with Crippen molar-refractivity contribution in [3.05, 3.63) is 50.1 Å². The molecule has 0 bridgehead atoms. The Balaban J connectivity index is 1.43. The van der Waals surface area contributed by atoms with Gasteiger partial charge in [-0.3, -0.25) is 0 Å². The molecule has 0 aromatic carbocycles. The first-order chi connectivity index (χ1) is 11.3. The molecule has 1 aromatic heterocycles. The smallest absolute Gasteiger partial charge is 0.105 e. The summed E-state index contributed by atoms with van der Waals surface area (Å²) in [7, 11) is 0. The van der Waals surface area contributed by atoms with Crippen molar-refractivity contribution in [3.8, 4) is 0 Å². The fraction of sp³-hybridized carbons (Fsp3) is 0.143. The molecule has 4 heterocycles. The predicted octanol–water partition coefficient (Wildman–Crippen LogP) is 8.10. The van der Waals surface area contributed by atoms with Gasteiger partial charge in [0.25, 0.3) is 0 Å². The molecule has 120 valence electrons. The second-order valence-corrected chi connectivity index (χ2v) is 13.7. The summed E-state index contributed by atoms with van der Waals surface area (Å²) < 4.78 is 13.6. The van der Waals surface area contributed by atoms with Gasteiger partial charge in [0.05, 0.1) is 35.2 Å². The summed E-state index contributed by atoms with van der Waals surface area (Å²) in [4.78, 5) is 2.48. The molecule has 9 heteroatoms. The summed E-state index contributed by atoms with van der Waals surface area (Å²) in [5.41, 5.74) is 0. The van der Waals surface area contributed by atoms with E-state index in [1.165, 1.54) is 35.2 Å². The van der Waals surface area contributed by atoms with E-state index in [4.69, 9.17) is 4.42 Å². The van der Waals surface area contributed by atoms with Crippen molar-refractivity contribution in [1.29, 1.82) is 0 Å². The number of hydrogen-bond acceptors (Lipinski definition) is 9. The van der Waals surface area contributed by atoms with Gasteiger partial charge in [-0.2, -0.15) is 0 Å². The van der Waals surface area contributed by atoms with Crippen LogP contribution in [0, 0.1) is 0 Å². The SMILES string of the molecule is CSC1=C(SC)SC(=CC=C2SC3=C(S2)Sc2cocc2S3)S1. The van der Waals surface area contributed by atoms with Crippen LogP contribution in [0.5, 0.6) is 0 Å². The molecule has 0 N–H and O–H groups in total. The van der Waals surface area contributed by atoms with E-state index in [9.17, 15) is 0 Å². The van der Waals surface area contributed by atoms with Crippen molar-refractivity contribution in [2.45, 2.75) is 9.79 Å². The maximum Gasteiger partial charge on any atom is 0.105 e. The van der Waals surface area contributed by atoms with E-state index < -0.39 is 0 Å². The highest BCUT2D eigenvalue weighted by molar-refractivity contribution is 8.41. The standard InChI is InChI=1S/C14H10OS8/c1-16-11-12(17-2)21-9(20-11)3-4-10-22-13-14(23-10)19-8-6-15-5-7(8)18-13/h3-6H,1-2H3. The van der Waals surface area contributed by atoms with Crippen LogP contribution < -0.4 is 0 Å². The number of hydrogen-bond donors (Lipinski definition) is 0. The molecule has 3 aliphatic heterocycles. The van der Waals surface area contributed by atoms with Crippen LogP contribution in [-0.4, -0.2) is 12.5 Å². The Morgan fingerprint density at radius 2 is 1.22 bits per heavy atom. The first kappa shape index (κ1) is 17.5. The summed E-state index contributed by atoms with van der Waals surface area (Å²) in [6, 6.07) is 0. The minimum Gasteiger partial charge on any atom is -0.470 e. The molecule has 0 aliphatic carbocycles. The van der Waals surface area contributed by atoms with Crippen LogP contribution in [0.3, 0.4) is 0 Å². The summed E-state index contributed by atoms with van der Waals surface area (Å²) >= 11 is 14.9. The van der Waals surface area contributed by atoms with Crippen LogP contribution in [0.25, 0.3) is 0 Å². The Bertz CT molecular complexity index is 717. The molecule has 1 aromatic rings. The maximum absolute atomic E-state index is 5.29. The van der Waals surface area contributed by atoms with Crippen molar-refractivity contribution in [3.63, 3.8) is 0 Å². The summed E-state index contributed by atoms with van der Waals surface area (Å²) in [5.74, 6) is 0. The van der Waals surface area contributed by atoms with Crippen LogP contribution in [-0.2, 0) is 0 Å². The largest absolute Gasteiger partial charge is 0.470 e. The molecule has 3 aliphatic rings. The average Bonchev–Trinajstić information content (AvgIpc) is 3.26. The highest BCUT2D eigenvalue weighted by Crippen LogP contribution is 2.64. The van der Waals surface area contributed by atoms with E-state index in [0.717, 1.165) is 0 Å². The van der Waals surface area contributed by atoms with Gasteiger partial charge in [0.15, 0.2) is 0 Å². The van der Waals surface area contributed by atoms with Crippen molar-refractivity contribution in [2.75, 3.05) is 12.5 Å². The minimum atomic E-state index is 1.24. The second kappa shape index (κ2) is 7.73. The van der Waals surface area contributed by atoms with Crippen LogP contribution in [0.2, 0.25) is 0 Å². The molecule has 0 atom stereocenters. The molecule has 0 fully saturated rings. The lowest BCUT2D eigenvalue weighted by Crippen LogP contribution is -1.79. The van der Waals surface area contributed by atoms with Crippen LogP contribution >= 0.6 is 94.1 Å². The molecule has 0 saturated carbocycles. The Morgan fingerprint density at radius 3 is 1.70 bits per heavy atom. The number of furan rings is 1. The van der Waals surface area contributed by atoms with Gasteiger partial charge in [-0.05, 0) is 24.7 Å². The average molecular weight is 451 g/mol. The topological polar surface area (TPSA) is 13.1 Å². The van der Waals surface area contributed by atoms with E-state index >= 15 is 0 Å². The molecule has 23 heavy (non-hydrogen) atoms. The van der Waals surface area contributed by atoms with E-state index in [2.05, 4.69) is 24.7 Å². The lowest BCUT2D eigenvalue weighted by molar-refractivity contribution is 0.558. The lowest BCUT2D eigenvalue weighted by atomic mass is 10.6. The third-order valence-corrected chi connectivity index (χ3v) is 13.4. The monoisotopic (exact) mass is 450 g/mol. The molecule has 4 rings (SSSR count). The third kappa shape index (κ3) is 3.77. The number of rotatable bonds is 3. The normalized spacial score (nSPS) is 20.3. The fourth-order valence-electron chi connectivity index (χ4n) is 1.84. The van der Waals surface area contributed by atoms with Gasteiger partial charge in [-0.15, -0.1) is 23.5 Å². The molecule has 0 radical (unpaired) electrons. The summed E-state index contributed by atoms with van der Waals surface area (Å²) in [6.07, 6.45) is 12.5. The van der Waals surface area contributed by atoms with Crippen LogP contribution in [0.1, 0.15) is 0 Å². The molecular weight excluding hydrogens is 441 g/mol. The van der Waals surface area contributed by atoms with Gasteiger partial charge in [-0.25, -0.2) is 0 Å². The molecule has 0 saturated heterocycles. The lowest BCUT2D eigenvalue weighted by Gasteiger charge is -2.09. The van der Waals surface area contributed by atoms with Crippen molar-refractivity contribution in [1.82, 2.24) is 0 Å². The zero-order chi connectivity index (χ0) is 15.8. The third-order valence-electron chi connectivity index (χ3n) is 2.83. The van der Waals surface area contributed by atoms with Gasteiger partial charge < -0.3 is 4.42 Å². The number of allylic oxidation sites excluding steroid dienone is 2. The van der Waals surface area contributed by atoms with E-state index in [-0.39, 0.29) is 0 Å². The zero-order valence-corrected chi connectivity index (χ0v) is 18.5. The van der Waals surface area contributed by atoms with E-state index in [1.807, 2.05) is 107 Å². The Hall–Kier alpha value is 1.04. The van der Waals surface area contributed by atoms with Gasteiger partial charge >= 0.3 is 0 Å². The second-order valence-electron chi connectivity index (χ2n) is 4.24. The van der Waals surface area contributed by atoms with Crippen LogP contribution in [0.15, 0.2) is 64.3 Å². The maximum atomic E-state index is 5.29. The van der Waals surface area contributed by atoms with Gasteiger partial charge in [0.2, 0.25) is 0 Å². The zero-order valence-electron chi connectivity index (χ0n) is 12.0. The Kier molecular flexibility index (Phi) is 5.87. The number of fused-ring (bicyclic) bond motifs is 1. The van der Waals surface area contributed by atoms with Crippen molar-refractivity contribution >= 4 is 94.1 Å². The molecular formula is C14H10OS8. The van der Waals surface area contributed by atoms with E-state index in [0.29, 0.717) is 0 Å². The Morgan fingerprint density at radius 1 is 0.739 bits per heavy atom. The molecule has 0 spiro atoms. The van der Waals surface area contributed by atoms with Gasteiger partial charge in [-0.1, -0.05) is 70.6 Å². The Labute approximate surface area is 169 Å². The summed E-state index contributed by atoms with van der Waals surface area (Å²) in [6.45, 7) is 0.